The van der Waals surface area contributed by atoms with Gasteiger partial charge in [-0.05, 0) is 36.4 Å². The van der Waals surface area contributed by atoms with Gasteiger partial charge in [0.25, 0.3) is 0 Å². The highest BCUT2D eigenvalue weighted by Crippen LogP contribution is 2.14. The third-order valence-electron chi connectivity index (χ3n) is 3.35. The number of ether oxygens (including phenoxy) is 1. The van der Waals surface area contributed by atoms with Crippen LogP contribution in [-0.2, 0) is 6.54 Å². The molecule has 3 aromatic rings. The number of carbonyl (C=O) groups is 1. The molecule has 0 unspecified atom stereocenters. The summed E-state index contributed by atoms with van der Waals surface area (Å²) in [6, 6.07) is 13.5. The van der Waals surface area contributed by atoms with Gasteiger partial charge in [-0.25, -0.2) is 9.48 Å². The van der Waals surface area contributed by atoms with Crippen molar-refractivity contribution in [2.24, 2.45) is 0 Å². The van der Waals surface area contributed by atoms with Gasteiger partial charge in [-0.15, -0.1) is 5.10 Å². The number of hydrogen-bond acceptors (Lipinski definition) is 5. The van der Waals surface area contributed by atoms with Crippen LogP contribution in [0.3, 0.4) is 0 Å². The van der Waals surface area contributed by atoms with Gasteiger partial charge in [0.1, 0.15) is 24.0 Å². The first-order valence-electron chi connectivity index (χ1n) is 7.06. The largest absolute Gasteiger partial charge is 0.491 e. The molecule has 7 heteroatoms. The molecule has 0 aliphatic rings. The molecule has 2 N–H and O–H groups in total. The molecule has 0 aliphatic carbocycles. The Morgan fingerprint density at radius 2 is 1.91 bits per heavy atom. The van der Waals surface area contributed by atoms with Crippen LogP contribution < -0.4 is 4.74 Å². The van der Waals surface area contributed by atoms with Crippen LogP contribution in [0.25, 0.3) is 11.0 Å². The standard InChI is InChI=1S/C16H15N3O4/c20-12(9-19-15-4-2-1-3-14(15)17-18-19)10-23-13-7-5-11(6-8-13)16(21)22/h1-8,12,20H,9-10H2,(H,21,22)/t12-/m1/s1. The van der Waals surface area contributed by atoms with Crippen molar-refractivity contribution < 1.29 is 19.7 Å². The van der Waals surface area contributed by atoms with Gasteiger partial charge in [-0.3, -0.25) is 0 Å². The third kappa shape index (κ3) is 3.46. The van der Waals surface area contributed by atoms with E-state index in [9.17, 15) is 9.90 Å². The smallest absolute Gasteiger partial charge is 0.335 e. The van der Waals surface area contributed by atoms with E-state index in [0.717, 1.165) is 11.0 Å². The molecule has 0 saturated heterocycles. The van der Waals surface area contributed by atoms with Crippen molar-refractivity contribution in [1.82, 2.24) is 15.0 Å². The minimum atomic E-state index is -0.991. The minimum Gasteiger partial charge on any atom is -0.491 e. The Labute approximate surface area is 131 Å². The molecule has 0 saturated carbocycles. The van der Waals surface area contributed by atoms with Crippen LogP contribution in [0.4, 0.5) is 0 Å². The van der Waals surface area contributed by atoms with Gasteiger partial charge in [0, 0.05) is 0 Å². The van der Waals surface area contributed by atoms with Crippen LogP contribution >= 0.6 is 0 Å². The number of para-hydroxylation sites is 1. The second-order valence-corrected chi connectivity index (χ2v) is 5.05. The second kappa shape index (κ2) is 6.45. The number of aromatic carboxylic acids is 1. The molecule has 0 aliphatic heterocycles. The Morgan fingerprint density at radius 3 is 2.65 bits per heavy atom. The van der Waals surface area contributed by atoms with E-state index in [1.54, 1.807) is 16.8 Å². The fraction of sp³-hybridized carbons (Fsp3) is 0.188. The Morgan fingerprint density at radius 1 is 1.17 bits per heavy atom. The van der Waals surface area contributed by atoms with Crippen LogP contribution in [0.1, 0.15) is 10.4 Å². The average molecular weight is 313 g/mol. The fourth-order valence-electron chi connectivity index (χ4n) is 2.19. The van der Waals surface area contributed by atoms with Gasteiger partial charge in [-0.1, -0.05) is 17.3 Å². The Balaban J connectivity index is 1.59. The number of rotatable bonds is 6. The SMILES string of the molecule is O=C(O)c1ccc(OC[C@H](O)Cn2nnc3ccccc32)cc1. The van der Waals surface area contributed by atoms with Crippen LogP contribution in [0.15, 0.2) is 48.5 Å². The van der Waals surface area contributed by atoms with E-state index in [-0.39, 0.29) is 18.7 Å². The van der Waals surface area contributed by atoms with Crippen molar-refractivity contribution in [3.8, 4) is 5.75 Å². The lowest BCUT2D eigenvalue weighted by Gasteiger charge is -2.12. The lowest BCUT2D eigenvalue weighted by atomic mass is 10.2. The minimum absolute atomic E-state index is 0.0700. The maximum atomic E-state index is 10.8. The summed E-state index contributed by atoms with van der Waals surface area (Å²) < 4.78 is 7.08. The van der Waals surface area contributed by atoms with Crippen molar-refractivity contribution in [2.45, 2.75) is 12.6 Å². The summed E-state index contributed by atoms with van der Waals surface area (Å²) in [6.07, 6.45) is -0.765. The molecular formula is C16H15N3O4. The summed E-state index contributed by atoms with van der Waals surface area (Å²) in [6.45, 7) is 0.328. The second-order valence-electron chi connectivity index (χ2n) is 5.05. The van der Waals surface area contributed by atoms with Gasteiger partial charge in [0.05, 0.1) is 17.6 Å². The lowest BCUT2D eigenvalue weighted by Crippen LogP contribution is -2.24. The zero-order chi connectivity index (χ0) is 16.2. The van der Waals surface area contributed by atoms with E-state index in [0.29, 0.717) is 5.75 Å². The average Bonchev–Trinajstić information content (AvgIpc) is 2.96. The zero-order valence-corrected chi connectivity index (χ0v) is 12.2. The molecule has 118 valence electrons. The van der Waals surface area contributed by atoms with E-state index in [1.165, 1.54) is 12.1 Å². The van der Waals surface area contributed by atoms with E-state index < -0.39 is 12.1 Å². The molecule has 0 radical (unpaired) electrons. The monoisotopic (exact) mass is 313 g/mol. The van der Waals surface area contributed by atoms with Crippen molar-refractivity contribution in [3.63, 3.8) is 0 Å². The van der Waals surface area contributed by atoms with Crippen LogP contribution in [-0.4, -0.2) is 43.9 Å². The number of aliphatic hydroxyl groups excluding tert-OH is 1. The van der Waals surface area contributed by atoms with E-state index >= 15 is 0 Å². The highest BCUT2D eigenvalue weighted by atomic mass is 16.5. The molecular weight excluding hydrogens is 298 g/mol. The number of fused-ring (bicyclic) bond motifs is 1. The van der Waals surface area contributed by atoms with E-state index in [4.69, 9.17) is 9.84 Å². The number of carboxylic acid groups (broad SMARTS) is 1. The quantitative estimate of drug-likeness (QED) is 0.717. The predicted octanol–water partition coefficient (Wildman–Crippen LogP) is 1.57. The summed E-state index contributed by atoms with van der Waals surface area (Å²) >= 11 is 0. The molecule has 3 rings (SSSR count). The third-order valence-corrected chi connectivity index (χ3v) is 3.35. The molecule has 23 heavy (non-hydrogen) atoms. The highest BCUT2D eigenvalue weighted by molar-refractivity contribution is 5.87. The number of hydrogen-bond donors (Lipinski definition) is 2. The van der Waals surface area contributed by atoms with Crippen molar-refractivity contribution in [1.29, 1.82) is 0 Å². The maximum absolute atomic E-state index is 10.8. The summed E-state index contributed by atoms with van der Waals surface area (Å²) in [5, 5.41) is 26.9. The molecule has 7 nitrogen and oxygen atoms in total. The molecule has 0 fully saturated rings. The normalized spacial score (nSPS) is 12.2. The maximum Gasteiger partial charge on any atom is 0.335 e. The fourth-order valence-corrected chi connectivity index (χ4v) is 2.19. The number of carboxylic acids is 1. The first-order chi connectivity index (χ1) is 11.1. The Kier molecular flexibility index (Phi) is 4.20. The first-order valence-corrected chi connectivity index (χ1v) is 7.06. The zero-order valence-electron chi connectivity index (χ0n) is 12.2. The molecule has 0 amide bonds. The summed E-state index contributed by atoms with van der Waals surface area (Å²) in [7, 11) is 0. The molecule has 1 atom stereocenters. The van der Waals surface area contributed by atoms with Gasteiger partial charge in [0.2, 0.25) is 0 Å². The number of benzene rings is 2. The van der Waals surface area contributed by atoms with Crippen molar-refractivity contribution in [3.05, 3.63) is 54.1 Å². The number of nitrogens with zero attached hydrogens (tertiary/aromatic N) is 3. The number of aromatic nitrogens is 3. The van der Waals surface area contributed by atoms with Crippen LogP contribution in [0.2, 0.25) is 0 Å². The first kappa shape index (κ1) is 15.0. The van der Waals surface area contributed by atoms with E-state index in [2.05, 4.69) is 10.3 Å². The number of aliphatic hydroxyl groups is 1. The molecule has 2 aromatic carbocycles. The molecule has 0 spiro atoms. The van der Waals surface area contributed by atoms with Gasteiger partial charge < -0.3 is 14.9 Å². The Bertz CT molecular complexity index is 814. The highest BCUT2D eigenvalue weighted by Gasteiger charge is 2.11. The summed E-state index contributed by atoms with van der Waals surface area (Å²) in [5.41, 5.74) is 1.80. The topological polar surface area (TPSA) is 97.5 Å². The van der Waals surface area contributed by atoms with Gasteiger partial charge in [-0.2, -0.15) is 0 Å². The van der Waals surface area contributed by atoms with Crippen LogP contribution in [0.5, 0.6) is 5.75 Å². The summed E-state index contributed by atoms with van der Waals surface area (Å²) in [5.74, 6) is -0.493. The van der Waals surface area contributed by atoms with Crippen LogP contribution in [0, 0.1) is 0 Å². The summed E-state index contributed by atoms with van der Waals surface area (Å²) in [4.78, 5) is 10.8. The Hall–Kier alpha value is -2.93. The van der Waals surface area contributed by atoms with Crippen molar-refractivity contribution >= 4 is 17.0 Å². The predicted molar refractivity (Wildman–Crippen MR) is 82.4 cm³/mol. The van der Waals surface area contributed by atoms with Crippen molar-refractivity contribution in [2.75, 3.05) is 6.61 Å². The lowest BCUT2D eigenvalue weighted by molar-refractivity contribution is 0.0696. The molecule has 1 aromatic heterocycles. The van der Waals surface area contributed by atoms with E-state index in [1.807, 2.05) is 24.3 Å². The molecule has 0 bridgehead atoms. The molecule has 1 heterocycles. The van der Waals surface area contributed by atoms with Gasteiger partial charge in [0.15, 0.2) is 0 Å². The van der Waals surface area contributed by atoms with Gasteiger partial charge >= 0.3 is 5.97 Å².